The van der Waals surface area contributed by atoms with Crippen LogP contribution in [0.5, 0.6) is 5.75 Å². The van der Waals surface area contributed by atoms with E-state index in [0.29, 0.717) is 23.1 Å². The molecule has 0 heterocycles. The molecule has 1 N–H and O–H groups in total. The largest absolute Gasteiger partial charge is 0.483 e. The zero-order valence-electron chi connectivity index (χ0n) is 20.0. The number of carbonyl (C=O) groups excluding carboxylic acids is 2. The molecular formula is C26H34BrClN2O3. The molecule has 0 fully saturated rings. The van der Waals surface area contributed by atoms with Crippen LogP contribution in [-0.4, -0.2) is 35.4 Å². The van der Waals surface area contributed by atoms with E-state index in [1.165, 1.54) is 5.56 Å². The molecule has 0 aliphatic heterocycles. The average Bonchev–Trinajstić information content (AvgIpc) is 2.78. The van der Waals surface area contributed by atoms with E-state index in [-0.39, 0.29) is 31.0 Å². The molecule has 0 radical (unpaired) electrons. The molecule has 0 bridgehead atoms. The summed E-state index contributed by atoms with van der Waals surface area (Å²) in [5, 5.41) is 3.56. The van der Waals surface area contributed by atoms with E-state index in [4.69, 9.17) is 16.3 Å². The molecule has 0 aromatic heterocycles. The lowest BCUT2D eigenvalue weighted by Crippen LogP contribution is -2.51. The van der Waals surface area contributed by atoms with Crippen LogP contribution in [0.4, 0.5) is 0 Å². The van der Waals surface area contributed by atoms with Crippen LogP contribution < -0.4 is 10.1 Å². The van der Waals surface area contributed by atoms with Gasteiger partial charge < -0.3 is 15.0 Å². The molecule has 2 rings (SSSR count). The van der Waals surface area contributed by atoms with Gasteiger partial charge in [0.15, 0.2) is 6.61 Å². The molecule has 0 saturated carbocycles. The Morgan fingerprint density at radius 1 is 1.09 bits per heavy atom. The smallest absolute Gasteiger partial charge is 0.261 e. The third kappa shape index (κ3) is 7.75. The Labute approximate surface area is 211 Å². The number of hydrogen-bond acceptors (Lipinski definition) is 3. The third-order valence-electron chi connectivity index (χ3n) is 5.66. The second kappa shape index (κ2) is 13.0. The Hall–Kier alpha value is -2.05. The summed E-state index contributed by atoms with van der Waals surface area (Å²) < 4.78 is 6.65. The minimum absolute atomic E-state index is 0.0236. The van der Waals surface area contributed by atoms with Crippen LogP contribution in [0.3, 0.4) is 0 Å². The van der Waals surface area contributed by atoms with Gasteiger partial charge in [-0.05, 0) is 70.9 Å². The van der Waals surface area contributed by atoms with E-state index in [0.717, 1.165) is 16.5 Å². The van der Waals surface area contributed by atoms with Gasteiger partial charge in [0.25, 0.3) is 5.91 Å². The minimum Gasteiger partial charge on any atom is -0.483 e. The number of carbonyl (C=O) groups is 2. The van der Waals surface area contributed by atoms with Gasteiger partial charge in [-0.1, -0.05) is 63.6 Å². The Balaban J connectivity index is 2.25. The standard InChI is InChI=1S/C26H34BrClN2O3/c1-6-18(5)29-26(32)23(7-2)30(15-20-10-8-9-11-22(20)28)25(31)16-33-24-13-12-19(17(3)4)14-21(24)27/h8-14,17-18,23H,6-7,15-16H2,1-5H3,(H,29,32). The summed E-state index contributed by atoms with van der Waals surface area (Å²) in [4.78, 5) is 27.9. The summed E-state index contributed by atoms with van der Waals surface area (Å²) in [6.07, 6.45) is 1.29. The second-order valence-corrected chi connectivity index (χ2v) is 9.75. The first-order valence-corrected chi connectivity index (χ1v) is 12.6. The van der Waals surface area contributed by atoms with E-state index in [2.05, 4.69) is 35.1 Å². The van der Waals surface area contributed by atoms with Crippen LogP contribution in [0.25, 0.3) is 0 Å². The lowest BCUT2D eigenvalue weighted by molar-refractivity contribution is -0.143. The molecule has 0 aliphatic carbocycles. The van der Waals surface area contributed by atoms with Crippen molar-refractivity contribution in [2.45, 2.75) is 72.0 Å². The summed E-state index contributed by atoms with van der Waals surface area (Å²) in [6, 6.07) is 12.6. The molecule has 180 valence electrons. The highest BCUT2D eigenvalue weighted by molar-refractivity contribution is 9.10. The van der Waals surface area contributed by atoms with Gasteiger partial charge in [-0.15, -0.1) is 0 Å². The van der Waals surface area contributed by atoms with E-state index in [1.54, 1.807) is 11.0 Å². The quantitative estimate of drug-likeness (QED) is 0.364. The molecule has 33 heavy (non-hydrogen) atoms. The zero-order valence-corrected chi connectivity index (χ0v) is 22.4. The third-order valence-corrected chi connectivity index (χ3v) is 6.65. The Kier molecular flexibility index (Phi) is 10.7. The fourth-order valence-corrected chi connectivity index (χ4v) is 4.09. The summed E-state index contributed by atoms with van der Waals surface area (Å²) in [5.74, 6) is 0.524. The molecule has 2 aromatic carbocycles. The number of nitrogens with one attached hydrogen (secondary N) is 1. The van der Waals surface area contributed by atoms with E-state index in [1.807, 2.05) is 57.2 Å². The first kappa shape index (κ1) is 27.2. The van der Waals surface area contributed by atoms with E-state index < -0.39 is 6.04 Å². The van der Waals surface area contributed by atoms with Crippen LogP contribution in [0.2, 0.25) is 5.02 Å². The van der Waals surface area contributed by atoms with Gasteiger partial charge in [0.05, 0.1) is 4.47 Å². The molecule has 2 unspecified atom stereocenters. The van der Waals surface area contributed by atoms with Gasteiger partial charge in [0, 0.05) is 17.6 Å². The van der Waals surface area contributed by atoms with Crippen molar-refractivity contribution < 1.29 is 14.3 Å². The highest BCUT2D eigenvalue weighted by Gasteiger charge is 2.30. The number of halogens is 2. The van der Waals surface area contributed by atoms with Crippen molar-refractivity contribution in [1.82, 2.24) is 10.2 Å². The van der Waals surface area contributed by atoms with Crippen LogP contribution in [0.15, 0.2) is 46.9 Å². The predicted molar refractivity (Wildman–Crippen MR) is 138 cm³/mol. The first-order chi connectivity index (χ1) is 15.7. The second-order valence-electron chi connectivity index (χ2n) is 8.49. The van der Waals surface area contributed by atoms with E-state index in [9.17, 15) is 9.59 Å². The maximum Gasteiger partial charge on any atom is 0.261 e. The van der Waals surface area contributed by atoms with Crippen LogP contribution >= 0.6 is 27.5 Å². The summed E-state index contributed by atoms with van der Waals surface area (Å²) in [7, 11) is 0. The molecule has 2 amide bonds. The Morgan fingerprint density at radius 3 is 2.36 bits per heavy atom. The molecular weight excluding hydrogens is 504 g/mol. The average molecular weight is 538 g/mol. The Bertz CT molecular complexity index is 951. The van der Waals surface area contributed by atoms with Crippen molar-refractivity contribution in [3.05, 3.63) is 63.1 Å². The van der Waals surface area contributed by atoms with Crippen LogP contribution in [0.1, 0.15) is 64.5 Å². The van der Waals surface area contributed by atoms with Crippen molar-refractivity contribution in [3.63, 3.8) is 0 Å². The van der Waals surface area contributed by atoms with Crippen molar-refractivity contribution in [1.29, 1.82) is 0 Å². The highest BCUT2D eigenvalue weighted by Crippen LogP contribution is 2.29. The SMILES string of the molecule is CCC(C)NC(=O)C(CC)N(Cc1ccccc1Cl)C(=O)COc1ccc(C(C)C)cc1Br. The maximum atomic E-state index is 13.3. The molecule has 0 aliphatic rings. The van der Waals surface area contributed by atoms with Gasteiger partial charge in [0.1, 0.15) is 11.8 Å². The van der Waals surface area contributed by atoms with Crippen LogP contribution in [-0.2, 0) is 16.1 Å². The highest BCUT2D eigenvalue weighted by atomic mass is 79.9. The summed E-state index contributed by atoms with van der Waals surface area (Å²) >= 11 is 9.90. The number of ether oxygens (including phenoxy) is 1. The first-order valence-electron chi connectivity index (χ1n) is 11.4. The van der Waals surface area contributed by atoms with Gasteiger partial charge in [-0.3, -0.25) is 9.59 Å². The number of benzene rings is 2. The van der Waals surface area contributed by atoms with Gasteiger partial charge >= 0.3 is 0 Å². The van der Waals surface area contributed by atoms with Crippen molar-refractivity contribution in [2.75, 3.05) is 6.61 Å². The van der Waals surface area contributed by atoms with Crippen LogP contribution in [0, 0.1) is 0 Å². The molecule has 2 aromatic rings. The molecule has 0 spiro atoms. The number of nitrogens with zero attached hydrogens (tertiary/aromatic N) is 1. The molecule has 5 nitrogen and oxygen atoms in total. The normalized spacial score (nSPS) is 12.8. The van der Waals surface area contributed by atoms with Crippen molar-refractivity contribution in [2.24, 2.45) is 0 Å². The minimum atomic E-state index is -0.627. The summed E-state index contributed by atoms with van der Waals surface area (Å²) in [5.41, 5.74) is 1.96. The molecule has 0 saturated heterocycles. The fourth-order valence-electron chi connectivity index (χ4n) is 3.39. The topological polar surface area (TPSA) is 58.6 Å². The van der Waals surface area contributed by atoms with E-state index >= 15 is 0 Å². The number of rotatable bonds is 11. The molecule has 7 heteroatoms. The number of amides is 2. The zero-order chi connectivity index (χ0) is 24.5. The monoisotopic (exact) mass is 536 g/mol. The lowest BCUT2D eigenvalue weighted by atomic mass is 10.0. The van der Waals surface area contributed by atoms with Crippen molar-refractivity contribution >= 4 is 39.3 Å². The predicted octanol–water partition coefficient (Wildman–Crippen LogP) is 6.33. The maximum absolute atomic E-state index is 13.3. The van der Waals surface area contributed by atoms with Gasteiger partial charge in [0.2, 0.25) is 5.91 Å². The van der Waals surface area contributed by atoms with Gasteiger partial charge in [-0.2, -0.15) is 0 Å². The van der Waals surface area contributed by atoms with Crippen molar-refractivity contribution in [3.8, 4) is 5.75 Å². The number of hydrogen-bond donors (Lipinski definition) is 1. The fraction of sp³-hybridized carbons (Fsp3) is 0.462. The Morgan fingerprint density at radius 2 is 1.79 bits per heavy atom. The summed E-state index contributed by atoms with van der Waals surface area (Å²) in [6.45, 7) is 10.1. The van der Waals surface area contributed by atoms with Gasteiger partial charge in [-0.25, -0.2) is 0 Å². The molecule has 2 atom stereocenters. The lowest BCUT2D eigenvalue weighted by Gasteiger charge is -2.31.